The summed E-state index contributed by atoms with van der Waals surface area (Å²) in [5.74, 6) is 0.307. The summed E-state index contributed by atoms with van der Waals surface area (Å²) in [7, 11) is -2.90. The zero-order chi connectivity index (χ0) is 15.5. The minimum absolute atomic E-state index is 0.260. The van der Waals surface area contributed by atoms with Crippen molar-refractivity contribution < 1.29 is 8.42 Å². The molecular weight excluding hydrogens is 282 g/mol. The molecule has 1 aromatic carbocycles. The first-order valence-electron chi connectivity index (χ1n) is 7.92. The first kappa shape index (κ1) is 16.5. The smallest absolute Gasteiger partial charge is 0.152 e. The minimum atomic E-state index is -2.90. The van der Waals surface area contributed by atoms with E-state index in [-0.39, 0.29) is 5.25 Å². The van der Waals surface area contributed by atoms with Crippen LogP contribution in [0, 0.1) is 6.92 Å². The number of hydrogen-bond acceptors (Lipinski definition) is 3. The zero-order valence-corrected chi connectivity index (χ0v) is 14.2. The lowest BCUT2D eigenvalue weighted by Crippen LogP contribution is -2.27. The Labute approximate surface area is 129 Å². The first-order valence-corrected chi connectivity index (χ1v) is 9.64. The molecular formula is C17H27NO2S. The molecule has 1 saturated heterocycles. The Hall–Kier alpha value is -0.870. The van der Waals surface area contributed by atoms with E-state index in [1.165, 1.54) is 24.0 Å². The number of benzene rings is 1. The van der Waals surface area contributed by atoms with Crippen LogP contribution in [0.1, 0.15) is 50.3 Å². The fourth-order valence-corrected chi connectivity index (χ4v) is 3.97. The molecule has 0 aliphatic carbocycles. The number of aryl methyl sites for hydroxylation is 1. The SMILES string of the molecule is Cc1ccc([C@H]2CCCN2CCCS(=O)(=O)C(C)C)cc1. The number of likely N-dealkylation sites (tertiary alicyclic amines) is 1. The van der Waals surface area contributed by atoms with Crippen LogP contribution in [0.25, 0.3) is 0 Å². The Balaban J connectivity index is 1.92. The molecule has 2 rings (SSSR count). The van der Waals surface area contributed by atoms with Crippen LogP contribution in [-0.4, -0.2) is 37.4 Å². The van der Waals surface area contributed by atoms with Crippen molar-refractivity contribution in [2.75, 3.05) is 18.8 Å². The fourth-order valence-electron chi connectivity index (χ4n) is 2.96. The van der Waals surface area contributed by atoms with Gasteiger partial charge in [-0.1, -0.05) is 29.8 Å². The van der Waals surface area contributed by atoms with Crippen molar-refractivity contribution in [3.05, 3.63) is 35.4 Å². The van der Waals surface area contributed by atoms with E-state index in [1.807, 2.05) is 0 Å². The van der Waals surface area contributed by atoms with Crippen LogP contribution in [0.5, 0.6) is 0 Å². The van der Waals surface area contributed by atoms with Gasteiger partial charge in [0.1, 0.15) is 0 Å². The molecule has 118 valence electrons. The van der Waals surface area contributed by atoms with Crippen molar-refractivity contribution in [3.8, 4) is 0 Å². The second-order valence-electron chi connectivity index (χ2n) is 6.37. The highest BCUT2D eigenvalue weighted by Gasteiger charge is 2.26. The van der Waals surface area contributed by atoms with E-state index in [0.717, 1.165) is 19.5 Å². The maximum atomic E-state index is 11.9. The van der Waals surface area contributed by atoms with Gasteiger partial charge in [0, 0.05) is 6.04 Å². The van der Waals surface area contributed by atoms with Crippen LogP contribution in [0.15, 0.2) is 24.3 Å². The Morgan fingerprint density at radius 2 is 1.90 bits per heavy atom. The molecule has 0 bridgehead atoms. The molecule has 3 nitrogen and oxygen atoms in total. The molecule has 21 heavy (non-hydrogen) atoms. The second kappa shape index (κ2) is 6.93. The maximum Gasteiger partial charge on any atom is 0.152 e. The van der Waals surface area contributed by atoms with Gasteiger partial charge >= 0.3 is 0 Å². The normalized spacial score (nSPS) is 20.3. The molecule has 1 atom stereocenters. The summed E-state index contributed by atoms with van der Waals surface area (Å²) in [5, 5.41) is -0.260. The molecule has 0 amide bonds. The van der Waals surface area contributed by atoms with E-state index >= 15 is 0 Å². The molecule has 0 unspecified atom stereocenters. The van der Waals surface area contributed by atoms with Gasteiger partial charge in [0.25, 0.3) is 0 Å². The van der Waals surface area contributed by atoms with Crippen LogP contribution in [0.3, 0.4) is 0 Å². The van der Waals surface area contributed by atoms with E-state index in [2.05, 4.69) is 36.1 Å². The molecule has 0 radical (unpaired) electrons. The summed E-state index contributed by atoms with van der Waals surface area (Å²) in [6.45, 7) is 7.60. The lowest BCUT2D eigenvalue weighted by molar-refractivity contribution is 0.258. The van der Waals surface area contributed by atoms with Crippen LogP contribution < -0.4 is 0 Å². The number of hydrogen-bond donors (Lipinski definition) is 0. The second-order valence-corrected chi connectivity index (χ2v) is 9.05. The molecule has 0 spiro atoms. The highest BCUT2D eigenvalue weighted by atomic mass is 32.2. The highest BCUT2D eigenvalue weighted by molar-refractivity contribution is 7.91. The average Bonchev–Trinajstić information content (AvgIpc) is 2.87. The Morgan fingerprint density at radius 3 is 2.52 bits per heavy atom. The summed E-state index contributed by atoms with van der Waals surface area (Å²) < 4.78 is 23.7. The largest absolute Gasteiger partial charge is 0.296 e. The maximum absolute atomic E-state index is 11.9. The third-order valence-corrected chi connectivity index (χ3v) is 6.71. The predicted molar refractivity (Wildman–Crippen MR) is 88.3 cm³/mol. The molecule has 1 aliphatic rings. The monoisotopic (exact) mass is 309 g/mol. The third-order valence-electron chi connectivity index (χ3n) is 4.42. The molecule has 0 saturated carbocycles. The first-order chi connectivity index (χ1) is 9.90. The van der Waals surface area contributed by atoms with Gasteiger partial charge < -0.3 is 0 Å². The van der Waals surface area contributed by atoms with Gasteiger partial charge in [0.15, 0.2) is 9.84 Å². The predicted octanol–water partition coefficient (Wildman–Crippen LogP) is 3.35. The third kappa shape index (κ3) is 4.30. The van der Waals surface area contributed by atoms with E-state index in [4.69, 9.17) is 0 Å². The van der Waals surface area contributed by atoms with Crippen LogP contribution in [0.2, 0.25) is 0 Å². The van der Waals surface area contributed by atoms with Crippen molar-refractivity contribution >= 4 is 9.84 Å². The summed E-state index contributed by atoms with van der Waals surface area (Å²) in [4.78, 5) is 2.44. The van der Waals surface area contributed by atoms with Crippen molar-refractivity contribution in [2.45, 2.75) is 51.3 Å². The lowest BCUT2D eigenvalue weighted by atomic mass is 10.0. The zero-order valence-electron chi connectivity index (χ0n) is 13.4. The lowest BCUT2D eigenvalue weighted by Gasteiger charge is -2.25. The summed E-state index contributed by atoms with van der Waals surface area (Å²) in [6, 6.07) is 9.21. The van der Waals surface area contributed by atoms with E-state index in [9.17, 15) is 8.42 Å². The van der Waals surface area contributed by atoms with Crippen LogP contribution in [0.4, 0.5) is 0 Å². The van der Waals surface area contributed by atoms with Crippen molar-refractivity contribution in [1.29, 1.82) is 0 Å². The summed E-state index contributed by atoms with van der Waals surface area (Å²) in [6.07, 6.45) is 3.12. The van der Waals surface area contributed by atoms with Gasteiger partial charge in [-0.2, -0.15) is 0 Å². The van der Waals surface area contributed by atoms with E-state index in [0.29, 0.717) is 11.8 Å². The van der Waals surface area contributed by atoms with Gasteiger partial charge in [-0.25, -0.2) is 8.42 Å². The van der Waals surface area contributed by atoms with Gasteiger partial charge in [-0.05, 0) is 58.7 Å². The molecule has 1 fully saturated rings. The average molecular weight is 309 g/mol. The highest BCUT2D eigenvalue weighted by Crippen LogP contribution is 2.32. The fraction of sp³-hybridized carbons (Fsp3) is 0.647. The molecule has 4 heteroatoms. The Bertz CT molecular complexity index is 549. The van der Waals surface area contributed by atoms with Gasteiger partial charge in [0.2, 0.25) is 0 Å². The molecule has 1 aromatic rings. The number of nitrogens with zero attached hydrogens (tertiary/aromatic N) is 1. The van der Waals surface area contributed by atoms with E-state index in [1.54, 1.807) is 13.8 Å². The molecule has 0 aromatic heterocycles. The Morgan fingerprint density at radius 1 is 1.24 bits per heavy atom. The molecule has 1 heterocycles. The van der Waals surface area contributed by atoms with Gasteiger partial charge in [-0.3, -0.25) is 4.90 Å². The molecule has 0 N–H and O–H groups in total. The van der Waals surface area contributed by atoms with Gasteiger partial charge in [0.05, 0.1) is 11.0 Å². The van der Waals surface area contributed by atoms with Crippen molar-refractivity contribution in [3.63, 3.8) is 0 Å². The number of sulfone groups is 1. The summed E-state index contributed by atoms with van der Waals surface area (Å²) in [5.41, 5.74) is 2.65. The molecule has 1 aliphatic heterocycles. The summed E-state index contributed by atoms with van der Waals surface area (Å²) >= 11 is 0. The van der Waals surface area contributed by atoms with Crippen molar-refractivity contribution in [1.82, 2.24) is 4.90 Å². The quantitative estimate of drug-likeness (QED) is 0.809. The standard InChI is InChI=1S/C17H27NO2S/c1-14(2)21(19,20)13-5-12-18-11-4-6-17(18)16-9-7-15(3)8-10-16/h7-10,14,17H,4-6,11-13H2,1-3H3/t17-/m1/s1. The number of rotatable bonds is 6. The minimum Gasteiger partial charge on any atom is -0.296 e. The van der Waals surface area contributed by atoms with E-state index < -0.39 is 9.84 Å². The topological polar surface area (TPSA) is 37.4 Å². The van der Waals surface area contributed by atoms with Crippen LogP contribution in [-0.2, 0) is 9.84 Å². The van der Waals surface area contributed by atoms with Crippen molar-refractivity contribution in [2.24, 2.45) is 0 Å². The van der Waals surface area contributed by atoms with Gasteiger partial charge in [-0.15, -0.1) is 0 Å². The Kier molecular flexibility index (Phi) is 5.44. The van der Waals surface area contributed by atoms with Crippen LogP contribution >= 0.6 is 0 Å².